The zero-order chi connectivity index (χ0) is 33.6. The second-order valence-electron chi connectivity index (χ2n) is 14.1. The number of Topliss-reactive ketones (excluding diaryl/α,β-unsaturated/α-hetero) is 1. The number of benzene rings is 1. The minimum atomic E-state index is -2.42. The van der Waals surface area contributed by atoms with E-state index in [0.29, 0.717) is 11.1 Å². The van der Waals surface area contributed by atoms with Crippen LogP contribution in [0.15, 0.2) is 78.4 Å². The second-order valence-corrected chi connectivity index (χ2v) is 14.1. The molecule has 2 saturated carbocycles. The zero-order valence-corrected chi connectivity index (χ0v) is 27.3. The number of epoxide rings is 1. The highest BCUT2D eigenvalue weighted by Gasteiger charge is 2.90. The average molecular weight is 649 g/mol. The molecule has 3 N–H and O–H groups in total. The number of fused-ring (bicyclic) bond motifs is 3. The number of esters is 1. The van der Waals surface area contributed by atoms with Crippen LogP contribution in [0, 0.1) is 17.8 Å². The Morgan fingerprint density at radius 2 is 1.85 bits per heavy atom. The fourth-order valence-electron chi connectivity index (χ4n) is 9.30. The van der Waals surface area contributed by atoms with Crippen molar-refractivity contribution in [2.45, 2.75) is 106 Å². The molecule has 47 heavy (non-hydrogen) atoms. The van der Waals surface area contributed by atoms with Gasteiger partial charge >= 0.3 is 11.9 Å². The van der Waals surface area contributed by atoms with Gasteiger partial charge in [-0.05, 0) is 37.8 Å². The fourth-order valence-corrected chi connectivity index (χ4v) is 9.30. The highest BCUT2D eigenvalue weighted by atomic mass is 16.9. The van der Waals surface area contributed by atoms with Gasteiger partial charge in [0.15, 0.2) is 17.0 Å². The monoisotopic (exact) mass is 648 g/mol. The molecule has 12 atom stereocenters. The number of aliphatic hydroxyl groups excluding tert-OH is 2. The van der Waals surface area contributed by atoms with E-state index in [4.69, 9.17) is 23.7 Å². The van der Waals surface area contributed by atoms with Crippen molar-refractivity contribution in [3.63, 3.8) is 0 Å². The molecule has 3 heterocycles. The lowest BCUT2D eigenvalue weighted by molar-refractivity contribution is -0.440. The first kappa shape index (κ1) is 32.6. The summed E-state index contributed by atoms with van der Waals surface area (Å²) in [6, 6.07) is 9.04. The molecule has 3 aliphatic heterocycles. The Balaban J connectivity index is 1.39. The third kappa shape index (κ3) is 4.10. The van der Waals surface area contributed by atoms with Crippen molar-refractivity contribution in [2.24, 2.45) is 17.8 Å². The van der Waals surface area contributed by atoms with E-state index < -0.39 is 88.9 Å². The van der Waals surface area contributed by atoms with Crippen LogP contribution in [-0.2, 0) is 39.2 Å². The number of ether oxygens (including phenoxy) is 5. The standard InChI is InChI=1S/C37H44O10/c1-6-7-8-9-10-11-15-18-26(39)43-29-23(5)36-25-19-22(4)28(40)34(25,42)32(41)33(20-38)30(44-33)27(36)31-35(29,21(2)3)46-37(45-31,47-36)24-16-13-12-14-17-24/h10-19,23,25,27,29-32,38,41-42H,2,6-9,20H2,1,3-5H3. The van der Waals surface area contributed by atoms with Crippen LogP contribution in [0.3, 0.4) is 0 Å². The summed E-state index contributed by atoms with van der Waals surface area (Å²) in [5.41, 5.74) is -5.84. The molecule has 10 nitrogen and oxygen atoms in total. The molecule has 12 unspecified atom stereocenters. The summed E-state index contributed by atoms with van der Waals surface area (Å²) in [5.74, 6) is -5.86. The van der Waals surface area contributed by atoms with Crippen molar-refractivity contribution in [1.82, 2.24) is 0 Å². The molecule has 5 fully saturated rings. The van der Waals surface area contributed by atoms with Gasteiger partial charge in [0, 0.05) is 29.4 Å². The van der Waals surface area contributed by atoms with Crippen LogP contribution >= 0.6 is 0 Å². The van der Waals surface area contributed by atoms with Crippen molar-refractivity contribution in [1.29, 1.82) is 0 Å². The van der Waals surface area contributed by atoms with Gasteiger partial charge in [0.25, 0.3) is 0 Å². The molecule has 3 bridgehead atoms. The Labute approximate surface area is 274 Å². The third-order valence-electron chi connectivity index (χ3n) is 11.6. The van der Waals surface area contributed by atoms with Gasteiger partial charge in [0.05, 0.1) is 12.2 Å². The summed E-state index contributed by atoms with van der Waals surface area (Å²) >= 11 is 0. The highest BCUT2D eigenvalue weighted by molar-refractivity contribution is 6.05. The van der Waals surface area contributed by atoms with E-state index in [1.807, 2.05) is 37.3 Å². The maximum Gasteiger partial charge on any atom is 0.331 e. The van der Waals surface area contributed by atoms with E-state index in [2.05, 4.69) is 13.5 Å². The molecule has 1 aromatic rings. The maximum absolute atomic E-state index is 13.8. The van der Waals surface area contributed by atoms with E-state index in [-0.39, 0.29) is 5.57 Å². The lowest BCUT2D eigenvalue weighted by atomic mass is 9.53. The molecule has 0 spiro atoms. The van der Waals surface area contributed by atoms with Crippen LogP contribution in [0.25, 0.3) is 0 Å². The van der Waals surface area contributed by atoms with Gasteiger partial charge in [0.1, 0.15) is 30.0 Å². The fraction of sp³-hybridized carbons (Fsp3) is 0.568. The molecule has 252 valence electrons. The SMILES string of the molecule is C=C(C)C12OC3(c4ccccc4)OC1C1C4OC4(CO)C(O)C4(O)C(=O)C(C)=CC4C1(O3)C(C)C2OC(=O)C=CC=CCCCCC. The van der Waals surface area contributed by atoms with E-state index >= 15 is 0 Å². The van der Waals surface area contributed by atoms with Crippen LogP contribution in [0.5, 0.6) is 0 Å². The molecule has 3 aliphatic carbocycles. The summed E-state index contributed by atoms with van der Waals surface area (Å²) in [4.78, 5) is 27.4. The van der Waals surface area contributed by atoms with Crippen LogP contribution in [0.2, 0.25) is 0 Å². The predicted molar refractivity (Wildman–Crippen MR) is 168 cm³/mol. The number of hydrogen-bond acceptors (Lipinski definition) is 10. The van der Waals surface area contributed by atoms with Crippen molar-refractivity contribution in [2.75, 3.05) is 6.61 Å². The summed E-state index contributed by atoms with van der Waals surface area (Å²) in [6.45, 7) is 11.0. The van der Waals surface area contributed by atoms with Gasteiger partial charge in [-0.3, -0.25) is 4.79 Å². The van der Waals surface area contributed by atoms with E-state index in [0.717, 1.165) is 25.7 Å². The minimum absolute atomic E-state index is 0.236. The smallest absolute Gasteiger partial charge is 0.331 e. The first-order valence-corrected chi connectivity index (χ1v) is 16.7. The highest BCUT2D eigenvalue weighted by Crippen LogP contribution is 2.74. The predicted octanol–water partition coefficient (Wildman–Crippen LogP) is 3.55. The van der Waals surface area contributed by atoms with Crippen molar-refractivity contribution >= 4 is 11.8 Å². The molecule has 6 aliphatic rings. The first-order valence-electron chi connectivity index (χ1n) is 16.7. The van der Waals surface area contributed by atoms with Gasteiger partial charge < -0.3 is 39.0 Å². The molecular formula is C37H44O10. The van der Waals surface area contributed by atoms with Gasteiger partial charge in [-0.25, -0.2) is 4.79 Å². The number of rotatable bonds is 10. The molecule has 0 aromatic heterocycles. The van der Waals surface area contributed by atoms with Gasteiger partial charge in [-0.1, -0.05) is 87.9 Å². The largest absolute Gasteiger partial charge is 0.455 e. The Bertz CT molecular complexity index is 1570. The minimum Gasteiger partial charge on any atom is -0.455 e. The quantitative estimate of drug-likeness (QED) is 0.0861. The molecule has 7 rings (SSSR count). The molecule has 1 aromatic carbocycles. The summed E-state index contributed by atoms with van der Waals surface area (Å²) in [6.07, 6.45) is 7.98. The summed E-state index contributed by atoms with van der Waals surface area (Å²) in [5, 5.41) is 34.9. The molecule has 0 amide bonds. The van der Waals surface area contributed by atoms with Crippen molar-refractivity contribution < 1.29 is 48.6 Å². The Hall–Kier alpha value is -2.96. The maximum atomic E-state index is 13.8. The lowest BCUT2D eigenvalue weighted by Gasteiger charge is -2.61. The van der Waals surface area contributed by atoms with E-state index in [9.17, 15) is 24.9 Å². The Morgan fingerprint density at radius 3 is 2.53 bits per heavy atom. The van der Waals surface area contributed by atoms with Crippen LogP contribution in [0.4, 0.5) is 0 Å². The Kier molecular flexibility index (Phi) is 7.65. The second kappa shape index (κ2) is 11.0. The van der Waals surface area contributed by atoms with Crippen LogP contribution in [0.1, 0.15) is 58.9 Å². The number of carbonyl (C=O) groups is 2. The number of allylic oxidation sites excluding steroid dienone is 3. The molecule has 3 saturated heterocycles. The lowest BCUT2D eigenvalue weighted by Crippen LogP contribution is -2.76. The molecule has 0 radical (unpaired) electrons. The van der Waals surface area contributed by atoms with Crippen LogP contribution < -0.4 is 0 Å². The summed E-state index contributed by atoms with van der Waals surface area (Å²) < 4.78 is 33.3. The van der Waals surface area contributed by atoms with E-state index in [1.165, 1.54) is 6.08 Å². The first-order chi connectivity index (χ1) is 22.4. The van der Waals surface area contributed by atoms with Gasteiger partial charge in [0.2, 0.25) is 0 Å². The molecular weight excluding hydrogens is 604 g/mol. The van der Waals surface area contributed by atoms with Crippen molar-refractivity contribution in [3.05, 3.63) is 84.0 Å². The normalized spacial score (nSPS) is 45.8. The Morgan fingerprint density at radius 1 is 1.11 bits per heavy atom. The van der Waals surface area contributed by atoms with Gasteiger partial charge in [-0.2, -0.15) is 0 Å². The number of carbonyl (C=O) groups excluding carboxylic acids is 2. The third-order valence-corrected chi connectivity index (χ3v) is 11.6. The average Bonchev–Trinajstić information content (AvgIpc) is 3.68. The number of ketones is 1. The zero-order valence-electron chi connectivity index (χ0n) is 27.3. The molecule has 10 heteroatoms. The number of aliphatic hydroxyl groups is 3. The summed E-state index contributed by atoms with van der Waals surface area (Å²) in [7, 11) is 0. The topological polar surface area (TPSA) is 144 Å². The van der Waals surface area contributed by atoms with Crippen LogP contribution in [-0.4, -0.2) is 80.5 Å². The number of unbranched alkanes of at least 4 members (excludes halogenated alkanes) is 3. The van der Waals surface area contributed by atoms with E-state index in [1.54, 1.807) is 38.1 Å². The number of hydrogen-bond donors (Lipinski definition) is 3. The van der Waals surface area contributed by atoms with Crippen molar-refractivity contribution in [3.8, 4) is 0 Å². The van der Waals surface area contributed by atoms with Gasteiger partial charge in [-0.15, -0.1) is 0 Å².